The van der Waals surface area contributed by atoms with Gasteiger partial charge in [0.05, 0.1) is 12.4 Å². The second-order valence-corrected chi connectivity index (χ2v) is 5.41. The monoisotopic (exact) mass is 274 g/mol. The van der Waals surface area contributed by atoms with Gasteiger partial charge in [0.2, 0.25) is 0 Å². The van der Waals surface area contributed by atoms with Crippen LogP contribution in [0.25, 0.3) is 0 Å². The van der Waals surface area contributed by atoms with Crippen LogP contribution in [0.1, 0.15) is 28.9 Å². The van der Waals surface area contributed by atoms with E-state index >= 15 is 0 Å². The summed E-state index contributed by atoms with van der Waals surface area (Å²) in [5, 5.41) is 4.08. The Labute approximate surface area is 115 Å². The summed E-state index contributed by atoms with van der Waals surface area (Å²) >= 11 is 1.64. The molecule has 0 saturated heterocycles. The van der Waals surface area contributed by atoms with Crippen LogP contribution in [-0.2, 0) is 6.54 Å². The van der Waals surface area contributed by atoms with Crippen LogP contribution in [0.5, 0.6) is 0 Å². The number of nitrogens with zero attached hydrogens (tertiary/aromatic N) is 3. The lowest BCUT2D eigenvalue weighted by Gasteiger charge is -2.21. The molecule has 19 heavy (non-hydrogen) atoms. The lowest BCUT2D eigenvalue weighted by atomic mass is 10.2. The van der Waals surface area contributed by atoms with Crippen LogP contribution >= 0.6 is 11.3 Å². The minimum Gasteiger partial charge on any atom is -0.382 e. The Balaban J connectivity index is 1.82. The zero-order chi connectivity index (χ0) is 13.2. The summed E-state index contributed by atoms with van der Waals surface area (Å²) < 4.78 is 0. The predicted octanol–water partition coefficient (Wildman–Crippen LogP) is 1.93. The van der Waals surface area contributed by atoms with E-state index in [0.29, 0.717) is 18.3 Å². The van der Waals surface area contributed by atoms with Crippen molar-refractivity contribution in [2.24, 2.45) is 0 Å². The fraction of sp³-hybridized carbons (Fsp3) is 0.308. The van der Waals surface area contributed by atoms with E-state index in [2.05, 4.69) is 15.3 Å². The summed E-state index contributed by atoms with van der Waals surface area (Å²) in [4.78, 5) is 22.3. The van der Waals surface area contributed by atoms with Gasteiger partial charge in [0.1, 0.15) is 11.5 Å². The van der Waals surface area contributed by atoms with Gasteiger partial charge in [-0.15, -0.1) is 0 Å². The van der Waals surface area contributed by atoms with E-state index in [1.165, 1.54) is 12.4 Å². The third-order valence-electron chi connectivity index (χ3n) is 3.05. The first-order chi connectivity index (χ1) is 9.24. The number of carbonyl (C=O) groups excluding carboxylic acids is 1. The maximum absolute atomic E-state index is 12.5. The van der Waals surface area contributed by atoms with Crippen LogP contribution in [0, 0.1) is 0 Å². The zero-order valence-electron chi connectivity index (χ0n) is 10.3. The molecular weight excluding hydrogens is 260 g/mol. The topological polar surface area (TPSA) is 72.1 Å². The van der Waals surface area contributed by atoms with Crippen LogP contribution < -0.4 is 5.73 Å². The van der Waals surface area contributed by atoms with Crippen molar-refractivity contribution in [1.29, 1.82) is 0 Å². The van der Waals surface area contributed by atoms with Crippen molar-refractivity contribution in [2.45, 2.75) is 25.4 Å². The van der Waals surface area contributed by atoms with Gasteiger partial charge in [-0.25, -0.2) is 4.98 Å². The minimum absolute atomic E-state index is 0.0894. The molecule has 0 radical (unpaired) electrons. The number of thiophene rings is 1. The van der Waals surface area contributed by atoms with E-state index in [0.717, 1.165) is 18.4 Å². The highest BCUT2D eigenvalue weighted by Crippen LogP contribution is 2.29. The highest BCUT2D eigenvalue weighted by atomic mass is 32.1. The first kappa shape index (κ1) is 12.1. The highest BCUT2D eigenvalue weighted by molar-refractivity contribution is 7.07. The number of rotatable bonds is 4. The molecule has 1 aliphatic rings. The Morgan fingerprint density at radius 1 is 1.47 bits per heavy atom. The smallest absolute Gasteiger partial charge is 0.274 e. The molecule has 0 unspecified atom stereocenters. The third-order valence-corrected chi connectivity index (χ3v) is 3.79. The Bertz CT molecular complexity index is 580. The fourth-order valence-corrected chi connectivity index (χ4v) is 2.62. The van der Waals surface area contributed by atoms with Crippen molar-refractivity contribution in [3.63, 3.8) is 0 Å². The van der Waals surface area contributed by atoms with Gasteiger partial charge < -0.3 is 10.6 Å². The normalized spacial score (nSPS) is 14.3. The number of nitrogen functional groups attached to an aromatic ring is 1. The molecule has 0 atom stereocenters. The minimum atomic E-state index is -0.0894. The van der Waals surface area contributed by atoms with Crippen LogP contribution in [0.3, 0.4) is 0 Å². The summed E-state index contributed by atoms with van der Waals surface area (Å²) in [6.07, 6.45) is 5.04. The van der Waals surface area contributed by atoms with E-state index in [9.17, 15) is 4.79 Å². The van der Waals surface area contributed by atoms with Gasteiger partial charge in [0.15, 0.2) is 0 Å². The van der Waals surface area contributed by atoms with E-state index in [-0.39, 0.29) is 11.7 Å². The Kier molecular flexibility index (Phi) is 3.16. The van der Waals surface area contributed by atoms with Gasteiger partial charge in [0, 0.05) is 12.6 Å². The second-order valence-electron chi connectivity index (χ2n) is 4.63. The molecule has 2 aromatic rings. The summed E-state index contributed by atoms with van der Waals surface area (Å²) in [6.45, 7) is 0.628. The molecule has 6 heteroatoms. The molecule has 0 spiro atoms. The lowest BCUT2D eigenvalue weighted by molar-refractivity contribution is 0.0724. The Hall–Kier alpha value is -1.95. The molecule has 1 fully saturated rings. The third kappa shape index (κ3) is 2.73. The van der Waals surface area contributed by atoms with Crippen molar-refractivity contribution >= 4 is 23.1 Å². The largest absolute Gasteiger partial charge is 0.382 e. The van der Waals surface area contributed by atoms with Gasteiger partial charge in [-0.05, 0) is 35.2 Å². The molecule has 1 amide bonds. The maximum Gasteiger partial charge on any atom is 0.274 e. The summed E-state index contributed by atoms with van der Waals surface area (Å²) in [7, 11) is 0. The van der Waals surface area contributed by atoms with Gasteiger partial charge >= 0.3 is 0 Å². The van der Waals surface area contributed by atoms with Crippen LogP contribution in [0.4, 0.5) is 5.82 Å². The molecule has 1 aliphatic carbocycles. The highest BCUT2D eigenvalue weighted by Gasteiger charge is 2.33. The Morgan fingerprint density at radius 2 is 2.32 bits per heavy atom. The quantitative estimate of drug-likeness (QED) is 0.924. The van der Waals surface area contributed by atoms with Crippen molar-refractivity contribution in [3.8, 4) is 0 Å². The first-order valence-corrected chi connectivity index (χ1v) is 7.08. The molecule has 3 rings (SSSR count). The predicted molar refractivity (Wildman–Crippen MR) is 73.7 cm³/mol. The van der Waals surface area contributed by atoms with E-state index < -0.39 is 0 Å². The van der Waals surface area contributed by atoms with Crippen molar-refractivity contribution in [3.05, 3.63) is 40.5 Å². The molecule has 98 valence electrons. The number of carbonyl (C=O) groups is 1. The number of hydrogen-bond acceptors (Lipinski definition) is 5. The lowest BCUT2D eigenvalue weighted by Crippen LogP contribution is -2.33. The van der Waals surface area contributed by atoms with Crippen molar-refractivity contribution < 1.29 is 4.79 Å². The van der Waals surface area contributed by atoms with Crippen molar-refractivity contribution in [2.75, 3.05) is 5.73 Å². The zero-order valence-corrected chi connectivity index (χ0v) is 11.1. The summed E-state index contributed by atoms with van der Waals surface area (Å²) in [6, 6.07) is 2.37. The van der Waals surface area contributed by atoms with E-state index in [1.54, 1.807) is 11.3 Å². The number of nitrogens with two attached hydrogens (primary N) is 1. The molecule has 0 aromatic carbocycles. The molecule has 2 heterocycles. The van der Waals surface area contributed by atoms with Gasteiger partial charge in [-0.2, -0.15) is 11.3 Å². The molecule has 1 saturated carbocycles. The van der Waals surface area contributed by atoms with Gasteiger partial charge in [-0.1, -0.05) is 0 Å². The number of hydrogen-bond donors (Lipinski definition) is 1. The first-order valence-electron chi connectivity index (χ1n) is 6.13. The SMILES string of the molecule is Nc1cncc(C(=O)N(Cc2ccsc2)C2CC2)n1. The van der Waals surface area contributed by atoms with Crippen LogP contribution in [0.15, 0.2) is 29.2 Å². The van der Waals surface area contributed by atoms with E-state index in [1.807, 2.05) is 16.3 Å². The average molecular weight is 274 g/mol. The second kappa shape index (κ2) is 4.97. The molecular formula is C13H14N4OS. The number of anilines is 1. The fourth-order valence-electron chi connectivity index (χ4n) is 1.96. The number of aromatic nitrogens is 2. The van der Waals surface area contributed by atoms with Crippen LogP contribution in [0.2, 0.25) is 0 Å². The van der Waals surface area contributed by atoms with Crippen molar-refractivity contribution in [1.82, 2.24) is 14.9 Å². The molecule has 0 bridgehead atoms. The van der Waals surface area contributed by atoms with Crippen LogP contribution in [-0.4, -0.2) is 26.8 Å². The maximum atomic E-state index is 12.5. The molecule has 2 aromatic heterocycles. The number of amides is 1. The Morgan fingerprint density at radius 3 is 2.95 bits per heavy atom. The van der Waals surface area contributed by atoms with Gasteiger partial charge in [0.25, 0.3) is 5.91 Å². The molecule has 0 aliphatic heterocycles. The molecule has 5 nitrogen and oxygen atoms in total. The van der Waals surface area contributed by atoms with Gasteiger partial charge in [-0.3, -0.25) is 9.78 Å². The van der Waals surface area contributed by atoms with E-state index in [4.69, 9.17) is 5.73 Å². The average Bonchev–Trinajstić information content (AvgIpc) is 3.12. The summed E-state index contributed by atoms with van der Waals surface area (Å²) in [5.74, 6) is 0.186. The molecule has 2 N–H and O–H groups in total. The summed E-state index contributed by atoms with van der Waals surface area (Å²) in [5.41, 5.74) is 7.06. The standard InChI is InChI=1S/C13H14N4OS/c14-12-6-15-5-11(16-12)13(18)17(10-1-2-10)7-9-3-4-19-8-9/h3-6,8,10H,1-2,7H2,(H2,14,16).